The van der Waals surface area contributed by atoms with Crippen LogP contribution in [0.1, 0.15) is 101 Å². The molecule has 0 radical (unpaired) electrons. The van der Waals surface area contributed by atoms with Gasteiger partial charge in [-0.25, -0.2) is 0 Å². The van der Waals surface area contributed by atoms with Gasteiger partial charge < -0.3 is 14.4 Å². The number of fused-ring (bicyclic) bond motifs is 7. The fourth-order valence-corrected chi connectivity index (χ4v) is 12.2. The maximum atomic E-state index is 2.60. The maximum absolute atomic E-state index is 2.60. The third-order valence-corrected chi connectivity index (χ3v) is 16.1. The van der Waals surface area contributed by atoms with Gasteiger partial charge in [0, 0.05) is 44.9 Å². The lowest BCUT2D eigenvalue weighted by atomic mass is 9.33. The summed E-state index contributed by atoms with van der Waals surface area (Å²) in [6, 6.07) is 75.2. The quantitative estimate of drug-likeness (QED) is 0.0843. The standard InChI is InChI=1S/C70H68BN3/c1-5-9-19-49-27-35-57(36-28-49)72-66-41-33-55(53-23-15-13-16-24-53)45-62(66)71-63-46-56(54-25-17-14-18-26-54)34-42-67(63)73(58-37-29-50(30-38-58)20-10-6-2)69-48-59(47-68(72)70(69)71)74-64-39-31-51(21-11-7-3)43-60(64)61-44-52(22-12-8-4)32-40-65(61)74/h13-18,23-48H,5-12,19-22H2,1-4H3. The minimum absolute atomic E-state index is 0.0491. The first kappa shape index (κ1) is 47.4. The lowest BCUT2D eigenvalue weighted by molar-refractivity contribution is 0.795. The first-order chi connectivity index (χ1) is 36.5. The average Bonchev–Trinajstić information content (AvgIpc) is 3.78. The molecule has 2 aliphatic heterocycles. The monoisotopic (exact) mass is 962 g/mol. The number of anilines is 6. The highest BCUT2D eigenvalue weighted by Gasteiger charge is 2.44. The second-order valence-corrected chi connectivity index (χ2v) is 21.1. The van der Waals surface area contributed by atoms with Crippen LogP contribution < -0.4 is 26.2 Å². The number of hydrogen-bond donors (Lipinski definition) is 0. The van der Waals surface area contributed by atoms with Gasteiger partial charge in [-0.2, -0.15) is 0 Å². The van der Waals surface area contributed by atoms with Crippen LogP contribution >= 0.6 is 0 Å². The van der Waals surface area contributed by atoms with E-state index in [4.69, 9.17) is 0 Å². The molecule has 0 atom stereocenters. The molecule has 12 rings (SSSR count). The zero-order valence-corrected chi connectivity index (χ0v) is 43.9. The highest BCUT2D eigenvalue weighted by Crippen LogP contribution is 2.47. The van der Waals surface area contributed by atoms with Crippen LogP contribution in [-0.4, -0.2) is 11.3 Å². The lowest BCUT2D eigenvalue weighted by Crippen LogP contribution is -2.61. The van der Waals surface area contributed by atoms with E-state index in [0.717, 1.165) is 25.7 Å². The Kier molecular flexibility index (Phi) is 13.3. The van der Waals surface area contributed by atoms with Crippen LogP contribution in [0, 0.1) is 0 Å². The number of aryl methyl sites for hydroxylation is 4. The molecule has 0 bridgehead atoms. The number of nitrogens with zero attached hydrogens (tertiary/aromatic N) is 3. The molecule has 10 aromatic rings. The van der Waals surface area contributed by atoms with Gasteiger partial charge in [0.2, 0.25) is 0 Å². The van der Waals surface area contributed by atoms with Gasteiger partial charge in [-0.05, 0) is 185 Å². The van der Waals surface area contributed by atoms with E-state index >= 15 is 0 Å². The van der Waals surface area contributed by atoms with Crippen LogP contribution in [-0.2, 0) is 25.7 Å². The van der Waals surface area contributed by atoms with Crippen molar-refractivity contribution in [3.63, 3.8) is 0 Å². The summed E-state index contributed by atoms with van der Waals surface area (Å²) in [6.45, 7) is 9.12. The minimum Gasteiger partial charge on any atom is -0.311 e. The maximum Gasteiger partial charge on any atom is 0.252 e. The Hall–Kier alpha value is -7.56. The normalized spacial score (nSPS) is 12.6. The molecule has 0 saturated carbocycles. The third kappa shape index (κ3) is 8.72. The molecule has 1 aromatic heterocycles. The number of benzene rings is 9. The van der Waals surface area contributed by atoms with Crippen molar-refractivity contribution >= 4 is 79.0 Å². The average molecular weight is 962 g/mol. The largest absolute Gasteiger partial charge is 0.311 e. The fourth-order valence-electron chi connectivity index (χ4n) is 12.2. The van der Waals surface area contributed by atoms with Gasteiger partial charge >= 0.3 is 0 Å². The Morgan fingerprint density at radius 2 is 0.716 bits per heavy atom. The van der Waals surface area contributed by atoms with Gasteiger partial charge in [0.05, 0.1) is 16.7 Å². The van der Waals surface area contributed by atoms with Crippen LogP contribution in [0.2, 0.25) is 0 Å². The van der Waals surface area contributed by atoms with E-state index < -0.39 is 0 Å². The molecule has 0 fully saturated rings. The third-order valence-electron chi connectivity index (χ3n) is 16.1. The highest BCUT2D eigenvalue weighted by molar-refractivity contribution is 7.00. The van der Waals surface area contributed by atoms with Gasteiger partial charge in [0.1, 0.15) is 0 Å². The molecule has 0 unspecified atom stereocenters. The SMILES string of the molecule is CCCCc1ccc(N2c3ccc(-c4ccccc4)cc3B3c4cc(-c5ccccc5)ccc4N(c4ccc(CCCC)cc4)c4cc(-n5c6ccc(CCCC)cc6c6cc(CCCC)ccc65)cc2c43)cc1. The molecular weight excluding hydrogens is 894 g/mol. The smallest absolute Gasteiger partial charge is 0.252 e. The summed E-state index contributed by atoms with van der Waals surface area (Å²) in [5, 5.41) is 2.68. The molecule has 0 aliphatic carbocycles. The van der Waals surface area contributed by atoms with E-state index in [1.807, 2.05) is 0 Å². The topological polar surface area (TPSA) is 11.4 Å². The van der Waals surface area contributed by atoms with Gasteiger partial charge in [0.25, 0.3) is 6.71 Å². The molecule has 0 spiro atoms. The molecule has 3 nitrogen and oxygen atoms in total. The van der Waals surface area contributed by atoms with Crippen molar-refractivity contribution in [1.82, 2.24) is 4.57 Å². The molecule has 9 aromatic carbocycles. The van der Waals surface area contributed by atoms with E-state index in [2.05, 4.69) is 236 Å². The van der Waals surface area contributed by atoms with Crippen LogP contribution in [0.25, 0.3) is 49.7 Å². The van der Waals surface area contributed by atoms with Gasteiger partial charge in [-0.3, -0.25) is 0 Å². The summed E-state index contributed by atoms with van der Waals surface area (Å²) < 4.78 is 2.59. The summed E-state index contributed by atoms with van der Waals surface area (Å²) in [6.07, 6.45) is 13.8. The minimum atomic E-state index is -0.0491. The number of hydrogen-bond acceptors (Lipinski definition) is 2. The van der Waals surface area contributed by atoms with Crippen molar-refractivity contribution in [3.05, 3.63) is 216 Å². The van der Waals surface area contributed by atoms with Crippen molar-refractivity contribution in [2.24, 2.45) is 0 Å². The van der Waals surface area contributed by atoms with Crippen LogP contribution in [0.5, 0.6) is 0 Å². The lowest BCUT2D eigenvalue weighted by Gasteiger charge is -2.44. The molecule has 74 heavy (non-hydrogen) atoms. The van der Waals surface area contributed by atoms with Crippen molar-refractivity contribution in [2.45, 2.75) is 105 Å². The highest BCUT2D eigenvalue weighted by atomic mass is 15.2. The first-order valence-electron chi connectivity index (χ1n) is 27.9. The van der Waals surface area contributed by atoms with Crippen LogP contribution in [0.4, 0.5) is 34.1 Å². The Balaban J connectivity index is 1.18. The summed E-state index contributed by atoms with van der Waals surface area (Å²) in [5.41, 5.74) is 25.4. The number of rotatable bonds is 17. The Labute approximate surface area is 440 Å². The molecular formula is C70H68BN3. The molecule has 0 saturated heterocycles. The van der Waals surface area contributed by atoms with E-state index in [1.54, 1.807) is 0 Å². The fraction of sp³-hybridized carbons (Fsp3) is 0.229. The number of aromatic nitrogens is 1. The molecule has 2 aliphatic rings. The van der Waals surface area contributed by atoms with E-state index in [0.29, 0.717) is 0 Å². The molecule has 4 heteroatoms. The van der Waals surface area contributed by atoms with Crippen LogP contribution in [0.3, 0.4) is 0 Å². The predicted molar refractivity (Wildman–Crippen MR) is 320 cm³/mol. The predicted octanol–water partition coefficient (Wildman–Crippen LogP) is 17.6. The Morgan fingerprint density at radius 3 is 1.12 bits per heavy atom. The second kappa shape index (κ2) is 20.8. The number of unbranched alkanes of at least 4 members (excludes halogenated alkanes) is 4. The van der Waals surface area contributed by atoms with E-state index in [1.165, 1.54) is 174 Å². The Morgan fingerprint density at radius 1 is 0.324 bits per heavy atom. The van der Waals surface area contributed by atoms with Crippen LogP contribution in [0.15, 0.2) is 194 Å². The molecule has 0 amide bonds. The van der Waals surface area contributed by atoms with Gasteiger partial charge in [-0.1, -0.05) is 175 Å². The van der Waals surface area contributed by atoms with Gasteiger partial charge in [0.15, 0.2) is 0 Å². The summed E-state index contributed by atoms with van der Waals surface area (Å²) >= 11 is 0. The summed E-state index contributed by atoms with van der Waals surface area (Å²) in [4.78, 5) is 5.20. The van der Waals surface area contributed by atoms with Crippen molar-refractivity contribution in [2.75, 3.05) is 9.80 Å². The van der Waals surface area contributed by atoms with Crippen molar-refractivity contribution < 1.29 is 0 Å². The molecule has 366 valence electrons. The first-order valence-corrected chi connectivity index (χ1v) is 27.9. The molecule has 3 heterocycles. The zero-order valence-electron chi connectivity index (χ0n) is 43.9. The second-order valence-electron chi connectivity index (χ2n) is 21.1. The Bertz CT molecular complexity index is 3380. The summed E-state index contributed by atoms with van der Waals surface area (Å²) in [7, 11) is 0. The van der Waals surface area contributed by atoms with Gasteiger partial charge in [-0.15, -0.1) is 0 Å². The van der Waals surface area contributed by atoms with Crippen molar-refractivity contribution in [1.29, 1.82) is 0 Å². The van der Waals surface area contributed by atoms with E-state index in [-0.39, 0.29) is 6.71 Å². The molecule has 0 N–H and O–H groups in total. The summed E-state index contributed by atoms with van der Waals surface area (Å²) in [5.74, 6) is 0. The zero-order chi connectivity index (χ0) is 50.1. The van der Waals surface area contributed by atoms with Crippen molar-refractivity contribution in [3.8, 4) is 27.9 Å². The van der Waals surface area contributed by atoms with E-state index in [9.17, 15) is 0 Å².